The Morgan fingerprint density at radius 2 is 2.07 bits per heavy atom. The van der Waals surface area contributed by atoms with Gasteiger partial charge >= 0.3 is 0 Å². The van der Waals surface area contributed by atoms with Crippen molar-refractivity contribution >= 4 is 17.3 Å². The molecule has 0 saturated carbocycles. The normalized spacial score (nSPS) is 12.2. The molecule has 1 unspecified atom stereocenters. The average molecular weight is 206 g/mol. The van der Waals surface area contributed by atoms with Gasteiger partial charge in [-0.25, -0.2) is 0 Å². The number of nitrogen functional groups attached to an aromatic ring is 1. The summed E-state index contributed by atoms with van der Waals surface area (Å²) in [4.78, 5) is 13.5. The lowest BCUT2D eigenvalue weighted by atomic mass is 10.1. The number of hydrogen-bond donors (Lipinski definition) is 1. The number of benzene rings is 1. The number of carbonyl (C=O) groups is 1. The van der Waals surface area contributed by atoms with Crippen molar-refractivity contribution in [3.8, 4) is 0 Å². The van der Waals surface area contributed by atoms with Crippen LogP contribution in [0.2, 0.25) is 0 Å². The molecular formula is C12H18N2O. The fraction of sp³-hybridized carbons (Fsp3) is 0.417. The van der Waals surface area contributed by atoms with Gasteiger partial charge in [0.05, 0.1) is 11.4 Å². The third-order valence-electron chi connectivity index (χ3n) is 2.66. The van der Waals surface area contributed by atoms with Crippen molar-refractivity contribution in [2.75, 3.05) is 17.7 Å². The van der Waals surface area contributed by atoms with Gasteiger partial charge in [0.1, 0.15) is 0 Å². The highest BCUT2D eigenvalue weighted by Crippen LogP contribution is 2.22. The quantitative estimate of drug-likeness (QED) is 0.771. The molecule has 3 nitrogen and oxygen atoms in total. The summed E-state index contributed by atoms with van der Waals surface area (Å²) >= 11 is 0. The molecule has 1 aromatic carbocycles. The van der Waals surface area contributed by atoms with Crippen LogP contribution < -0.4 is 10.6 Å². The number of anilines is 2. The van der Waals surface area contributed by atoms with E-state index in [1.54, 1.807) is 18.0 Å². The van der Waals surface area contributed by atoms with E-state index in [1.807, 2.05) is 32.0 Å². The maximum absolute atomic E-state index is 11.9. The molecule has 82 valence electrons. The molecule has 0 saturated heterocycles. The van der Waals surface area contributed by atoms with Gasteiger partial charge in [-0.3, -0.25) is 4.79 Å². The maximum Gasteiger partial charge on any atom is 0.229 e. The lowest BCUT2D eigenvalue weighted by Gasteiger charge is -2.22. The summed E-state index contributed by atoms with van der Waals surface area (Å²) < 4.78 is 0. The highest BCUT2D eigenvalue weighted by molar-refractivity contribution is 5.96. The third-order valence-corrected chi connectivity index (χ3v) is 2.66. The van der Waals surface area contributed by atoms with Crippen molar-refractivity contribution in [2.45, 2.75) is 20.3 Å². The summed E-state index contributed by atoms with van der Waals surface area (Å²) in [5.41, 5.74) is 7.22. The van der Waals surface area contributed by atoms with Crippen LogP contribution in [0, 0.1) is 5.92 Å². The molecule has 1 aromatic rings. The Kier molecular flexibility index (Phi) is 3.72. The lowest BCUT2D eigenvalue weighted by Crippen LogP contribution is -2.31. The molecule has 0 aliphatic heterocycles. The molecule has 0 spiro atoms. The van der Waals surface area contributed by atoms with Crippen LogP contribution in [0.5, 0.6) is 0 Å². The molecule has 0 aliphatic carbocycles. The van der Waals surface area contributed by atoms with E-state index in [0.29, 0.717) is 5.69 Å². The Hall–Kier alpha value is -1.51. The summed E-state index contributed by atoms with van der Waals surface area (Å²) in [7, 11) is 1.76. The van der Waals surface area contributed by atoms with Crippen LogP contribution in [-0.2, 0) is 4.79 Å². The Morgan fingerprint density at radius 3 is 2.60 bits per heavy atom. The Morgan fingerprint density at radius 1 is 1.47 bits per heavy atom. The zero-order valence-electron chi connectivity index (χ0n) is 9.53. The lowest BCUT2D eigenvalue weighted by molar-refractivity contribution is -0.121. The van der Waals surface area contributed by atoms with Gasteiger partial charge in [-0.1, -0.05) is 26.0 Å². The van der Waals surface area contributed by atoms with E-state index in [-0.39, 0.29) is 11.8 Å². The van der Waals surface area contributed by atoms with Crippen molar-refractivity contribution in [3.05, 3.63) is 24.3 Å². The zero-order valence-corrected chi connectivity index (χ0v) is 9.53. The van der Waals surface area contributed by atoms with Crippen LogP contribution in [0.4, 0.5) is 11.4 Å². The predicted octanol–water partition coefficient (Wildman–Crippen LogP) is 2.28. The number of nitrogens with two attached hydrogens (primary N) is 1. The average Bonchev–Trinajstić information content (AvgIpc) is 2.26. The zero-order chi connectivity index (χ0) is 11.4. The van der Waals surface area contributed by atoms with E-state index < -0.39 is 0 Å². The summed E-state index contributed by atoms with van der Waals surface area (Å²) in [5.74, 6) is 0.144. The van der Waals surface area contributed by atoms with Crippen molar-refractivity contribution in [1.29, 1.82) is 0 Å². The van der Waals surface area contributed by atoms with E-state index in [9.17, 15) is 4.79 Å². The molecule has 2 N–H and O–H groups in total. The number of rotatable bonds is 3. The molecule has 15 heavy (non-hydrogen) atoms. The van der Waals surface area contributed by atoms with Gasteiger partial charge in [-0.2, -0.15) is 0 Å². The molecule has 1 amide bonds. The molecule has 0 heterocycles. The van der Waals surface area contributed by atoms with E-state index in [2.05, 4.69) is 0 Å². The first-order valence-electron chi connectivity index (χ1n) is 5.20. The number of hydrogen-bond acceptors (Lipinski definition) is 2. The second kappa shape index (κ2) is 4.82. The van der Waals surface area contributed by atoms with Crippen LogP contribution in [0.3, 0.4) is 0 Å². The summed E-state index contributed by atoms with van der Waals surface area (Å²) in [6, 6.07) is 7.40. The first-order valence-corrected chi connectivity index (χ1v) is 5.20. The van der Waals surface area contributed by atoms with Gasteiger partial charge in [0.25, 0.3) is 0 Å². The van der Waals surface area contributed by atoms with Crippen LogP contribution in [0.25, 0.3) is 0 Å². The van der Waals surface area contributed by atoms with Crippen molar-refractivity contribution in [1.82, 2.24) is 0 Å². The number of nitrogens with zero attached hydrogens (tertiary/aromatic N) is 1. The van der Waals surface area contributed by atoms with Gasteiger partial charge in [0.2, 0.25) is 5.91 Å². The van der Waals surface area contributed by atoms with Gasteiger partial charge in [0, 0.05) is 13.0 Å². The van der Waals surface area contributed by atoms with Crippen LogP contribution in [-0.4, -0.2) is 13.0 Å². The maximum atomic E-state index is 11.9. The van der Waals surface area contributed by atoms with Gasteiger partial charge < -0.3 is 10.6 Å². The predicted molar refractivity (Wildman–Crippen MR) is 63.7 cm³/mol. The Bertz CT molecular complexity index is 349. The summed E-state index contributed by atoms with van der Waals surface area (Å²) in [5, 5.41) is 0. The van der Waals surface area contributed by atoms with Gasteiger partial charge in [-0.15, -0.1) is 0 Å². The van der Waals surface area contributed by atoms with Crippen molar-refractivity contribution in [3.63, 3.8) is 0 Å². The second-order valence-electron chi connectivity index (χ2n) is 3.77. The molecule has 0 aliphatic rings. The number of amides is 1. The fourth-order valence-corrected chi connectivity index (χ4v) is 1.42. The fourth-order valence-electron chi connectivity index (χ4n) is 1.42. The van der Waals surface area contributed by atoms with Crippen molar-refractivity contribution in [2.24, 2.45) is 5.92 Å². The Labute approximate surface area is 90.9 Å². The summed E-state index contributed by atoms with van der Waals surface area (Å²) in [6.07, 6.45) is 0.843. The first-order chi connectivity index (χ1) is 7.07. The van der Waals surface area contributed by atoms with E-state index in [4.69, 9.17) is 5.73 Å². The molecule has 0 bridgehead atoms. The standard InChI is InChI=1S/C12H18N2O/c1-4-9(2)12(15)14(3)11-8-6-5-7-10(11)13/h5-9H,4,13H2,1-3H3. The highest BCUT2D eigenvalue weighted by atomic mass is 16.2. The van der Waals surface area contributed by atoms with E-state index >= 15 is 0 Å². The molecule has 0 aromatic heterocycles. The molecular weight excluding hydrogens is 188 g/mol. The highest BCUT2D eigenvalue weighted by Gasteiger charge is 2.17. The van der Waals surface area contributed by atoms with Crippen LogP contribution in [0.15, 0.2) is 24.3 Å². The topological polar surface area (TPSA) is 46.3 Å². The van der Waals surface area contributed by atoms with E-state index in [1.165, 1.54) is 0 Å². The molecule has 1 atom stereocenters. The molecule has 1 rings (SSSR count). The van der Waals surface area contributed by atoms with Gasteiger partial charge in [-0.05, 0) is 18.6 Å². The van der Waals surface area contributed by atoms with Crippen molar-refractivity contribution < 1.29 is 4.79 Å². The smallest absolute Gasteiger partial charge is 0.229 e. The van der Waals surface area contributed by atoms with Gasteiger partial charge in [0.15, 0.2) is 0 Å². The Balaban J connectivity index is 2.90. The largest absolute Gasteiger partial charge is 0.397 e. The number of carbonyl (C=O) groups excluding carboxylic acids is 1. The van der Waals surface area contributed by atoms with Crippen LogP contribution in [0.1, 0.15) is 20.3 Å². The molecule has 3 heteroatoms. The molecule has 0 fully saturated rings. The first kappa shape index (κ1) is 11.6. The van der Waals surface area contributed by atoms with E-state index in [0.717, 1.165) is 12.1 Å². The third kappa shape index (κ3) is 2.49. The molecule has 0 radical (unpaired) electrons. The minimum atomic E-state index is 0.0367. The SMILES string of the molecule is CCC(C)C(=O)N(C)c1ccccc1N. The van der Waals surface area contributed by atoms with Crippen LogP contribution >= 0.6 is 0 Å². The minimum Gasteiger partial charge on any atom is -0.397 e. The monoisotopic (exact) mass is 206 g/mol. The second-order valence-corrected chi connectivity index (χ2v) is 3.77. The minimum absolute atomic E-state index is 0.0367. The number of para-hydroxylation sites is 2. The summed E-state index contributed by atoms with van der Waals surface area (Å²) in [6.45, 7) is 3.93.